The molecule has 5 heteroatoms. The van der Waals surface area contributed by atoms with Crippen LogP contribution in [0.15, 0.2) is 65.6 Å². The Balaban J connectivity index is 2.00. The van der Waals surface area contributed by atoms with Crippen LogP contribution in [0.3, 0.4) is 0 Å². The first-order chi connectivity index (χ1) is 10.1. The van der Waals surface area contributed by atoms with Crippen molar-refractivity contribution < 1.29 is 13.2 Å². The summed E-state index contributed by atoms with van der Waals surface area (Å²) in [4.78, 5) is 0.263. The van der Waals surface area contributed by atoms with Gasteiger partial charge in [0.1, 0.15) is 11.5 Å². The highest BCUT2D eigenvalue weighted by Gasteiger charge is 2.05. The number of thiol groups is 1. The molecule has 0 heterocycles. The second-order valence-corrected chi connectivity index (χ2v) is 5.58. The normalized spacial score (nSPS) is 10.9. The van der Waals surface area contributed by atoms with Crippen LogP contribution in [0.1, 0.15) is 0 Å². The Kier molecular flexibility index (Phi) is 3.50. The van der Waals surface area contributed by atoms with Crippen LogP contribution in [0, 0.1) is 0 Å². The highest BCUT2D eigenvalue weighted by atomic mass is 32.2. The van der Waals surface area contributed by atoms with Crippen molar-refractivity contribution in [3.63, 3.8) is 0 Å². The van der Waals surface area contributed by atoms with E-state index in [0.29, 0.717) is 17.2 Å². The Morgan fingerprint density at radius 1 is 0.810 bits per heavy atom. The molecule has 106 valence electrons. The first-order valence-electron chi connectivity index (χ1n) is 6.35. The molecule has 3 aromatic carbocycles. The summed E-state index contributed by atoms with van der Waals surface area (Å²) in [6.45, 7) is 0. The second kappa shape index (κ2) is 5.46. The van der Waals surface area contributed by atoms with Crippen LogP contribution >= 0.6 is 0 Å². The molecule has 3 aromatic rings. The smallest absolute Gasteiger partial charge is 0.168 e. The van der Waals surface area contributed by atoms with Crippen molar-refractivity contribution in [3.05, 3.63) is 60.7 Å². The van der Waals surface area contributed by atoms with Crippen LogP contribution in [-0.4, -0.2) is 8.42 Å². The van der Waals surface area contributed by atoms with E-state index in [9.17, 15) is 8.42 Å². The molecule has 0 spiro atoms. The van der Waals surface area contributed by atoms with Gasteiger partial charge in [0, 0.05) is 16.5 Å². The summed E-state index contributed by atoms with van der Waals surface area (Å²) in [6, 6.07) is 17.6. The largest absolute Gasteiger partial charge is 0.457 e. The fourth-order valence-corrected chi connectivity index (χ4v) is 2.55. The molecular formula is C16H13NO3S. The van der Waals surface area contributed by atoms with E-state index < -0.39 is 10.7 Å². The number of benzene rings is 3. The minimum absolute atomic E-state index is 0.263. The fourth-order valence-electron chi connectivity index (χ4n) is 2.16. The zero-order chi connectivity index (χ0) is 14.8. The lowest BCUT2D eigenvalue weighted by molar-refractivity contribution is 0.488. The molecule has 0 radical (unpaired) electrons. The lowest BCUT2D eigenvalue weighted by Gasteiger charge is -2.10. The number of ether oxygens (including phenoxy) is 1. The van der Waals surface area contributed by atoms with E-state index in [1.54, 1.807) is 12.1 Å². The average Bonchev–Trinajstić information content (AvgIpc) is 2.49. The highest BCUT2D eigenvalue weighted by molar-refractivity contribution is 7.72. The minimum atomic E-state index is -2.57. The van der Waals surface area contributed by atoms with Crippen LogP contribution in [0.5, 0.6) is 11.5 Å². The molecule has 0 bridgehead atoms. The van der Waals surface area contributed by atoms with Crippen LogP contribution in [-0.2, 0) is 10.7 Å². The monoisotopic (exact) mass is 299 g/mol. The molecule has 0 aliphatic rings. The van der Waals surface area contributed by atoms with Gasteiger partial charge in [0.15, 0.2) is 10.7 Å². The SMILES string of the molecule is Nc1cccc2c(Oc3ccc([SH](=O)=O)cc3)cccc12. The van der Waals surface area contributed by atoms with Crippen molar-refractivity contribution in [2.75, 3.05) is 5.73 Å². The van der Waals surface area contributed by atoms with E-state index in [0.717, 1.165) is 10.8 Å². The van der Waals surface area contributed by atoms with E-state index in [4.69, 9.17) is 10.5 Å². The number of anilines is 1. The van der Waals surface area contributed by atoms with Crippen molar-refractivity contribution in [2.45, 2.75) is 4.90 Å². The number of hydrogen-bond acceptors (Lipinski definition) is 4. The van der Waals surface area contributed by atoms with Crippen molar-refractivity contribution >= 4 is 27.2 Å². The Bertz CT molecular complexity index is 862. The summed E-state index contributed by atoms with van der Waals surface area (Å²) in [5.41, 5.74) is 6.64. The van der Waals surface area contributed by atoms with E-state index in [2.05, 4.69) is 0 Å². The van der Waals surface area contributed by atoms with Crippen molar-refractivity contribution in [3.8, 4) is 11.5 Å². The first-order valence-corrected chi connectivity index (χ1v) is 7.52. The average molecular weight is 299 g/mol. The summed E-state index contributed by atoms with van der Waals surface area (Å²) < 4.78 is 27.6. The van der Waals surface area contributed by atoms with Gasteiger partial charge in [0.05, 0.1) is 4.90 Å². The van der Waals surface area contributed by atoms with Gasteiger partial charge in [-0.05, 0) is 36.4 Å². The topological polar surface area (TPSA) is 69.4 Å². The molecule has 0 saturated carbocycles. The molecule has 0 aromatic heterocycles. The highest BCUT2D eigenvalue weighted by Crippen LogP contribution is 2.32. The van der Waals surface area contributed by atoms with Gasteiger partial charge in [-0.3, -0.25) is 0 Å². The zero-order valence-corrected chi connectivity index (χ0v) is 11.9. The maximum Gasteiger partial charge on any atom is 0.168 e. The fraction of sp³-hybridized carbons (Fsp3) is 0. The van der Waals surface area contributed by atoms with Crippen LogP contribution in [0.25, 0.3) is 10.8 Å². The molecule has 21 heavy (non-hydrogen) atoms. The predicted octanol–water partition coefficient (Wildman–Crippen LogP) is 3.18. The molecule has 4 nitrogen and oxygen atoms in total. The first kappa shape index (κ1) is 13.5. The van der Waals surface area contributed by atoms with E-state index >= 15 is 0 Å². The third kappa shape index (κ3) is 2.68. The lowest BCUT2D eigenvalue weighted by atomic mass is 10.1. The number of nitrogens with two attached hydrogens (primary N) is 1. The second-order valence-electron chi connectivity index (χ2n) is 4.55. The Morgan fingerprint density at radius 3 is 2.19 bits per heavy atom. The van der Waals surface area contributed by atoms with Crippen molar-refractivity contribution in [2.24, 2.45) is 0 Å². The van der Waals surface area contributed by atoms with Gasteiger partial charge in [-0.25, -0.2) is 8.42 Å². The molecule has 2 N–H and O–H groups in total. The van der Waals surface area contributed by atoms with Crippen LogP contribution in [0.4, 0.5) is 5.69 Å². The lowest BCUT2D eigenvalue weighted by Crippen LogP contribution is -1.90. The molecule has 3 rings (SSSR count). The summed E-state index contributed by atoms with van der Waals surface area (Å²) in [7, 11) is -2.57. The van der Waals surface area contributed by atoms with Gasteiger partial charge in [-0.2, -0.15) is 0 Å². The van der Waals surface area contributed by atoms with Gasteiger partial charge in [0.25, 0.3) is 0 Å². The van der Waals surface area contributed by atoms with Crippen molar-refractivity contribution in [1.29, 1.82) is 0 Å². The predicted molar refractivity (Wildman–Crippen MR) is 83.5 cm³/mol. The van der Waals surface area contributed by atoms with Gasteiger partial charge < -0.3 is 10.5 Å². The third-order valence-electron chi connectivity index (χ3n) is 3.19. The van der Waals surface area contributed by atoms with E-state index in [1.165, 1.54) is 12.1 Å². The quantitative estimate of drug-likeness (QED) is 0.575. The van der Waals surface area contributed by atoms with E-state index in [-0.39, 0.29) is 4.90 Å². The van der Waals surface area contributed by atoms with Crippen molar-refractivity contribution in [1.82, 2.24) is 0 Å². The number of fused-ring (bicyclic) bond motifs is 1. The molecular weight excluding hydrogens is 286 g/mol. The molecule has 0 amide bonds. The summed E-state index contributed by atoms with van der Waals surface area (Å²) in [6.07, 6.45) is 0. The summed E-state index contributed by atoms with van der Waals surface area (Å²) in [5.74, 6) is 1.25. The molecule has 0 aliphatic carbocycles. The molecule has 0 aliphatic heterocycles. The maximum absolute atomic E-state index is 10.9. The Hall–Kier alpha value is -2.53. The number of rotatable bonds is 3. The Labute approximate surface area is 123 Å². The maximum atomic E-state index is 10.9. The van der Waals surface area contributed by atoms with Gasteiger partial charge >= 0.3 is 0 Å². The molecule has 0 unspecified atom stereocenters. The minimum Gasteiger partial charge on any atom is -0.457 e. The standard InChI is InChI=1S/C16H13NO3S/c17-15-5-1-4-14-13(15)3-2-6-16(14)20-11-7-9-12(10-8-11)21(18)19/h1-10,21H,17H2. The van der Waals surface area contributed by atoms with Gasteiger partial charge in [-0.15, -0.1) is 0 Å². The third-order valence-corrected chi connectivity index (χ3v) is 3.91. The summed E-state index contributed by atoms with van der Waals surface area (Å²) in [5, 5.41) is 1.84. The van der Waals surface area contributed by atoms with Crippen LogP contribution in [0.2, 0.25) is 0 Å². The molecule has 0 fully saturated rings. The van der Waals surface area contributed by atoms with Crippen LogP contribution < -0.4 is 10.5 Å². The Morgan fingerprint density at radius 2 is 1.48 bits per heavy atom. The molecule has 0 saturated heterocycles. The summed E-state index contributed by atoms with van der Waals surface area (Å²) >= 11 is 0. The van der Waals surface area contributed by atoms with Gasteiger partial charge in [0.2, 0.25) is 0 Å². The van der Waals surface area contributed by atoms with E-state index in [1.807, 2.05) is 36.4 Å². The zero-order valence-electron chi connectivity index (χ0n) is 11.0. The number of nitrogen functional groups attached to an aromatic ring is 1. The molecule has 0 atom stereocenters. The van der Waals surface area contributed by atoms with Gasteiger partial charge in [-0.1, -0.05) is 24.3 Å². The number of hydrogen-bond donors (Lipinski definition) is 2.